The van der Waals surface area contributed by atoms with Crippen LogP contribution in [0.1, 0.15) is 50.3 Å². The third-order valence-electron chi connectivity index (χ3n) is 7.93. The smallest absolute Gasteiger partial charge is 0.482 e. The van der Waals surface area contributed by atoms with Crippen LogP contribution < -0.4 is 10.1 Å². The summed E-state index contributed by atoms with van der Waals surface area (Å²) in [5.74, 6) is -0.636. The van der Waals surface area contributed by atoms with Gasteiger partial charge in [-0.25, -0.2) is 9.59 Å². The number of benzene rings is 3. The van der Waals surface area contributed by atoms with Crippen LogP contribution in [0.2, 0.25) is 0 Å². The maximum absolute atomic E-state index is 12.9. The van der Waals surface area contributed by atoms with Crippen LogP contribution >= 0.6 is 0 Å². The predicted octanol–water partition coefficient (Wildman–Crippen LogP) is 5.70. The number of carboxylic acid groups (broad SMARTS) is 1. The van der Waals surface area contributed by atoms with E-state index in [4.69, 9.17) is 23.9 Å². The fraction of sp³-hybridized carbons (Fsp3) is 0.312. The number of hydrogen-bond donors (Lipinski definition) is 2. The number of hydrogen-bond acceptors (Lipinski definition) is 6. The molecule has 0 bridgehead atoms. The summed E-state index contributed by atoms with van der Waals surface area (Å²) >= 11 is 0. The lowest BCUT2D eigenvalue weighted by Crippen LogP contribution is -2.41. The standard InChI is InChI=1S/C32H34BNO7/c1-31(2)32(3,4)41-33(40-31)22(17-21-13-15-23(16-14-21)38-20-29(35)36)18-34-30(37)39-19-28-26-11-7-5-9-24(26)25-10-6-8-12-27(25)28/h5-17,28H,18-20H2,1-4H3,(H,34,37)(H,35,36). The summed E-state index contributed by atoms with van der Waals surface area (Å²) in [6.45, 7) is 7.82. The van der Waals surface area contributed by atoms with E-state index >= 15 is 0 Å². The fourth-order valence-electron chi connectivity index (χ4n) is 5.04. The summed E-state index contributed by atoms with van der Waals surface area (Å²) in [4.78, 5) is 23.7. The SMILES string of the molecule is CC1(C)OB(C(=Cc2ccc(OCC(=O)O)cc2)CNC(=O)OCC2c3ccccc3-c3ccccc32)OC1(C)C. The Kier molecular flexibility index (Phi) is 7.93. The maximum Gasteiger partial charge on any atom is 0.492 e. The molecule has 1 heterocycles. The molecule has 0 radical (unpaired) electrons. The monoisotopic (exact) mass is 555 g/mol. The molecular formula is C32H34BNO7. The lowest BCUT2D eigenvalue weighted by molar-refractivity contribution is -0.139. The number of carbonyl (C=O) groups is 2. The van der Waals surface area contributed by atoms with Crippen LogP contribution in [0.4, 0.5) is 4.79 Å². The van der Waals surface area contributed by atoms with Gasteiger partial charge in [0.25, 0.3) is 0 Å². The number of carboxylic acids is 1. The summed E-state index contributed by atoms with van der Waals surface area (Å²) in [7, 11) is -0.683. The molecule has 2 N–H and O–H groups in total. The summed E-state index contributed by atoms with van der Waals surface area (Å²) in [6.07, 6.45) is 1.35. The zero-order valence-electron chi connectivity index (χ0n) is 23.7. The fourth-order valence-corrected chi connectivity index (χ4v) is 5.04. The Bertz CT molecular complexity index is 1400. The van der Waals surface area contributed by atoms with Crippen molar-refractivity contribution in [2.45, 2.75) is 44.8 Å². The minimum Gasteiger partial charge on any atom is -0.482 e. The molecule has 212 valence electrons. The van der Waals surface area contributed by atoms with E-state index in [1.165, 1.54) is 11.1 Å². The minimum atomic E-state index is -1.05. The first-order chi connectivity index (χ1) is 19.5. The van der Waals surface area contributed by atoms with Crippen molar-refractivity contribution in [2.75, 3.05) is 19.8 Å². The highest BCUT2D eigenvalue weighted by Crippen LogP contribution is 2.44. The highest BCUT2D eigenvalue weighted by atomic mass is 16.7. The number of nitrogens with one attached hydrogen (secondary N) is 1. The van der Waals surface area contributed by atoms with Gasteiger partial charge >= 0.3 is 19.2 Å². The van der Waals surface area contributed by atoms with E-state index < -0.39 is 37.0 Å². The molecule has 0 aromatic heterocycles. The highest BCUT2D eigenvalue weighted by Gasteiger charge is 2.52. The molecule has 1 amide bonds. The summed E-state index contributed by atoms with van der Waals surface area (Å²) in [6, 6.07) is 23.4. The number of fused-ring (bicyclic) bond motifs is 3. The largest absolute Gasteiger partial charge is 0.492 e. The number of amides is 1. The Hall–Kier alpha value is -4.08. The molecule has 0 unspecified atom stereocenters. The van der Waals surface area contributed by atoms with Gasteiger partial charge in [-0.2, -0.15) is 0 Å². The second-order valence-electron chi connectivity index (χ2n) is 11.2. The Morgan fingerprint density at radius 1 is 0.902 bits per heavy atom. The van der Waals surface area contributed by atoms with E-state index in [9.17, 15) is 9.59 Å². The van der Waals surface area contributed by atoms with Crippen molar-refractivity contribution in [3.05, 3.63) is 95.0 Å². The van der Waals surface area contributed by atoms with E-state index in [1.807, 2.05) is 58.0 Å². The topological polar surface area (TPSA) is 103 Å². The van der Waals surface area contributed by atoms with Crippen molar-refractivity contribution in [3.8, 4) is 16.9 Å². The first kappa shape index (κ1) is 28.5. The van der Waals surface area contributed by atoms with Crippen molar-refractivity contribution in [2.24, 2.45) is 0 Å². The van der Waals surface area contributed by atoms with Gasteiger partial charge in [-0.3, -0.25) is 0 Å². The lowest BCUT2D eigenvalue weighted by Gasteiger charge is -2.32. The molecule has 5 rings (SSSR count). The van der Waals surface area contributed by atoms with Crippen LogP contribution in [0.5, 0.6) is 5.75 Å². The average Bonchev–Trinajstić information content (AvgIpc) is 3.38. The Morgan fingerprint density at radius 3 is 2.02 bits per heavy atom. The van der Waals surface area contributed by atoms with Crippen LogP contribution in [0.3, 0.4) is 0 Å². The van der Waals surface area contributed by atoms with E-state index in [2.05, 4.69) is 29.6 Å². The zero-order valence-corrected chi connectivity index (χ0v) is 23.7. The molecule has 41 heavy (non-hydrogen) atoms. The molecule has 0 spiro atoms. The lowest BCUT2D eigenvalue weighted by atomic mass is 9.77. The number of rotatable bonds is 9. The number of carbonyl (C=O) groups excluding carboxylic acids is 1. The molecule has 0 atom stereocenters. The summed E-state index contributed by atoms with van der Waals surface area (Å²) in [5, 5.41) is 11.7. The van der Waals surface area contributed by atoms with Gasteiger partial charge in [0.05, 0.1) is 11.2 Å². The second-order valence-corrected chi connectivity index (χ2v) is 11.2. The molecule has 1 fully saturated rings. The Balaban J connectivity index is 1.28. The van der Waals surface area contributed by atoms with Gasteiger partial charge in [0.2, 0.25) is 0 Å². The minimum absolute atomic E-state index is 0.0341. The quantitative estimate of drug-likeness (QED) is 0.327. The Labute approximate surface area is 240 Å². The van der Waals surface area contributed by atoms with Crippen LogP contribution in [-0.2, 0) is 18.8 Å². The van der Waals surface area contributed by atoms with E-state index in [-0.39, 0.29) is 19.1 Å². The maximum atomic E-state index is 12.9. The highest BCUT2D eigenvalue weighted by molar-refractivity contribution is 6.56. The van der Waals surface area contributed by atoms with Crippen molar-refractivity contribution < 1.29 is 33.5 Å². The van der Waals surface area contributed by atoms with Crippen LogP contribution in [0.15, 0.2) is 78.3 Å². The first-order valence-corrected chi connectivity index (χ1v) is 13.6. The van der Waals surface area contributed by atoms with E-state index in [1.54, 1.807) is 24.3 Å². The molecule has 3 aromatic rings. The van der Waals surface area contributed by atoms with Crippen molar-refractivity contribution >= 4 is 25.3 Å². The van der Waals surface area contributed by atoms with Gasteiger partial charge in [-0.15, -0.1) is 0 Å². The van der Waals surface area contributed by atoms with Gasteiger partial charge in [-0.1, -0.05) is 66.7 Å². The molecular weight excluding hydrogens is 521 g/mol. The number of alkyl carbamates (subject to hydrolysis) is 1. The molecule has 1 aliphatic carbocycles. The van der Waals surface area contributed by atoms with Crippen LogP contribution in [0, 0.1) is 0 Å². The second kappa shape index (κ2) is 11.4. The molecule has 2 aliphatic rings. The average molecular weight is 555 g/mol. The van der Waals surface area contributed by atoms with Crippen LogP contribution in [-0.4, -0.2) is 55.2 Å². The molecule has 9 heteroatoms. The van der Waals surface area contributed by atoms with Gasteiger partial charge in [-0.05, 0) is 73.1 Å². The molecule has 0 saturated carbocycles. The van der Waals surface area contributed by atoms with Crippen molar-refractivity contribution in [3.63, 3.8) is 0 Å². The molecule has 1 aliphatic heterocycles. The van der Waals surface area contributed by atoms with Gasteiger partial charge in [0.1, 0.15) is 12.4 Å². The molecule has 1 saturated heterocycles. The molecule has 3 aromatic carbocycles. The normalized spacial score (nSPS) is 17.1. The number of ether oxygens (including phenoxy) is 2. The summed E-state index contributed by atoms with van der Waals surface area (Å²) < 4.78 is 23.5. The third-order valence-corrected chi connectivity index (χ3v) is 7.93. The van der Waals surface area contributed by atoms with Crippen molar-refractivity contribution in [1.29, 1.82) is 0 Å². The first-order valence-electron chi connectivity index (χ1n) is 13.6. The van der Waals surface area contributed by atoms with Crippen LogP contribution in [0.25, 0.3) is 17.2 Å². The third kappa shape index (κ3) is 6.16. The Morgan fingerprint density at radius 2 is 1.46 bits per heavy atom. The summed E-state index contributed by atoms with van der Waals surface area (Å²) in [5.41, 5.74) is 5.03. The van der Waals surface area contributed by atoms with Gasteiger partial charge < -0.3 is 29.2 Å². The number of aliphatic carboxylic acids is 1. The predicted molar refractivity (Wildman–Crippen MR) is 157 cm³/mol. The zero-order chi connectivity index (χ0) is 29.2. The van der Waals surface area contributed by atoms with Gasteiger partial charge in [0.15, 0.2) is 6.61 Å². The van der Waals surface area contributed by atoms with E-state index in [0.29, 0.717) is 11.2 Å². The van der Waals surface area contributed by atoms with E-state index in [0.717, 1.165) is 16.7 Å². The van der Waals surface area contributed by atoms with Crippen molar-refractivity contribution in [1.82, 2.24) is 5.32 Å². The van der Waals surface area contributed by atoms with Gasteiger partial charge in [0, 0.05) is 12.5 Å². The molecule has 8 nitrogen and oxygen atoms in total.